The lowest BCUT2D eigenvalue weighted by molar-refractivity contribution is -0.137. The number of alkyl halides is 3. The maximum Gasteiger partial charge on any atom is 0.416 e. The second kappa shape index (κ2) is 8.52. The van der Waals surface area contributed by atoms with Gasteiger partial charge >= 0.3 is 6.18 Å². The minimum absolute atomic E-state index is 0.0811. The van der Waals surface area contributed by atoms with E-state index in [4.69, 9.17) is 4.98 Å². The van der Waals surface area contributed by atoms with E-state index in [1.54, 1.807) is 23.7 Å². The molecule has 0 spiro atoms. The SMILES string of the molecule is Cc1nc(NC(C)c2cccc(C(F)(F)F)c2)c2cc(-c3ccc(=O)n(C)c3)c3c(c2n1)CCC3. The zero-order valence-corrected chi connectivity index (χ0v) is 19.7. The Morgan fingerprint density at radius 1 is 1.06 bits per heavy atom. The van der Waals surface area contributed by atoms with Gasteiger partial charge in [0.15, 0.2) is 0 Å². The first-order chi connectivity index (χ1) is 16.6. The number of nitrogens with one attached hydrogen (secondary N) is 1. The van der Waals surface area contributed by atoms with E-state index in [1.807, 2.05) is 32.2 Å². The fourth-order valence-electron chi connectivity index (χ4n) is 4.88. The third-order valence-corrected chi connectivity index (χ3v) is 6.64. The zero-order chi connectivity index (χ0) is 24.9. The molecule has 8 heteroatoms. The van der Waals surface area contributed by atoms with E-state index >= 15 is 0 Å². The Kier molecular flexibility index (Phi) is 5.62. The summed E-state index contributed by atoms with van der Waals surface area (Å²) in [5, 5.41) is 4.16. The van der Waals surface area contributed by atoms with Gasteiger partial charge in [-0.25, -0.2) is 9.97 Å². The lowest BCUT2D eigenvalue weighted by Gasteiger charge is -2.20. The van der Waals surface area contributed by atoms with Gasteiger partial charge in [0, 0.05) is 30.7 Å². The van der Waals surface area contributed by atoms with Crippen molar-refractivity contribution in [1.29, 1.82) is 0 Å². The highest BCUT2D eigenvalue weighted by molar-refractivity contribution is 5.97. The minimum Gasteiger partial charge on any atom is -0.363 e. The van der Waals surface area contributed by atoms with Crippen LogP contribution in [0.1, 0.15) is 47.5 Å². The van der Waals surface area contributed by atoms with Crippen LogP contribution in [0.5, 0.6) is 0 Å². The molecule has 4 aromatic rings. The average molecular weight is 479 g/mol. The minimum atomic E-state index is -4.40. The maximum absolute atomic E-state index is 13.2. The van der Waals surface area contributed by atoms with E-state index < -0.39 is 17.8 Å². The molecule has 1 aliphatic carbocycles. The molecule has 1 unspecified atom stereocenters. The molecule has 1 N–H and O–H groups in total. The van der Waals surface area contributed by atoms with Crippen molar-refractivity contribution in [2.45, 2.75) is 45.3 Å². The summed E-state index contributed by atoms with van der Waals surface area (Å²) in [4.78, 5) is 21.3. The van der Waals surface area contributed by atoms with E-state index in [0.29, 0.717) is 17.2 Å². The third kappa shape index (κ3) is 4.29. The average Bonchev–Trinajstić information content (AvgIpc) is 3.30. The van der Waals surface area contributed by atoms with Crippen molar-refractivity contribution in [3.05, 3.63) is 87.1 Å². The van der Waals surface area contributed by atoms with E-state index in [1.165, 1.54) is 23.3 Å². The van der Waals surface area contributed by atoms with Gasteiger partial charge in [0.1, 0.15) is 11.6 Å². The van der Waals surface area contributed by atoms with Crippen LogP contribution >= 0.6 is 0 Å². The van der Waals surface area contributed by atoms with Crippen LogP contribution in [0, 0.1) is 6.92 Å². The second-order valence-electron chi connectivity index (χ2n) is 9.11. The predicted octanol–water partition coefficient (Wildman–Crippen LogP) is 5.98. The number of anilines is 1. The summed E-state index contributed by atoms with van der Waals surface area (Å²) < 4.78 is 41.3. The van der Waals surface area contributed by atoms with Gasteiger partial charge in [-0.1, -0.05) is 12.1 Å². The van der Waals surface area contributed by atoms with Crippen molar-refractivity contribution >= 4 is 16.7 Å². The number of fused-ring (bicyclic) bond motifs is 3. The normalized spacial score (nSPS) is 14.2. The summed E-state index contributed by atoms with van der Waals surface area (Å²) >= 11 is 0. The van der Waals surface area contributed by atoms with Gasteiger partial charge in [-0.05, 0) is 85.2 Å². The molecule has 1 aliphatic rings. The predicted molar refractivity (Wildman–Crippen MR) is 130 cm³/mol. The molecule has 35 heavy (non-hydrogen) atoms. The van der Waals surface area contributed by atoms with Gasteiger partial charge in [-0.2, -0.15) is 13.2 Å². The number of rotatable bonds is 4. The fourth-order valence-corrected chi connectivity index (χ4v) is 4.88. The molecule has 2 aromatic carbocycles. The Morgan fingerprint density at radius 3 is 2.57 bits per heavy atom. The first-order valence-corrected chi connectivity index (χ1v) is 11.6. The molecular weight excluding hydrogens is 453 g/mol. The molecule has 0 radical (unpaired) electrons. The number of nitrogens with zero attached hydrogens (tertiary/aromatic N) is 3. The Balaban J connectivity index is 1.64. The van der Waals surface area contributed by atoms with Crippen molar-refractivity contribution in [2.75, 3.05) is 5.32 Å². The number of hydrogen-bond donors (Lipinski definition) is 1. The molecule has 180 valence electrons. The summed E-state index contributed by atoms with van der Waals surface area (Å²) in [6.45, 7) is 3.64. The summed E-state index contributed by atoms with van der Waals surface area (Å²) in [5.74, 6) is 1.18. The van der Waals surface area contributed by atoms with Crippen LogP contribution in [-0.4, -0.2) is 14.5 Å². The van der Waals surface area contributed by atoms with Crippen LogP contribution in [0.3, 0.4) is 0 Å². The van der Waals surface area contributed by atoms with Gasteiger partial charge in [0.25, 0.3) is 0 Å². The van der Waals surface area contributed by atoms with Crippen molar-refractivity contribution in [1.82, 2.24) is 14.5 Å². The van der Waals surface area contributed by atoms with Crippen molar-refractivity contribution in [3.63, 3.8) is 0 Å². The molecule has 0 fully saturated rings. The molecule has 5 nitrogen and oxygen atoms in total. The van der Waals surface area contributed by atoms with Gasteiger partial charge < -0.3 is 9.88 Å². The molecule has 2 heterocycles. The summed E-state index contributed by atoms with van der Waals surface area (Å²) in [6, 6.07) is 10.4. The number of hydrogen-bond acceptors (Lipinski definition) is 4. The number of pyridine rings is 1. The topological polar surface area (TPSA) is 59.8 Å². The summed E-state index contributed by atoms with van der Waals surface area (Å²) in [6.07, 6.45) is 0.259. The Labute approximate surface area is 200 Å². The summed E-state index contributed by atoms with van der Waals surface area (Å²) in [7, 11) is 1.73. The first kappa shape index (κ1) is 23.1. The Hall–Kier alpha value is -3.68. The number of aromatic nitrogens is 3. The standard InChI is InChI=1S/C27H25F3N4O/c1-15(17-6-4-7-19(12-17)27(28,29)30)31-26-23-13-22(18-10-11-24(35)34(3)14-18)20-8-5-9-21(20)25(23)32-16(2)33-26/h4,6-7,10-15H,5,8-9H2,1-3H3,(H,31,32,33). The number of benzene rings is 2. The highest BCUT2D eigenvalue weighted by Gasteiger charge is 2.31. The molecular formula is C27H25F3N4O. The van der Waals surface area contributed by atoms with Crippen molar-refractivity contribution < 1.29 is 13.2 Å². The monoisotopic (exact) mass is 478 g/mol. The first-order valence-electron chi connectivity index (χ1n) is 11.6. The molecule has 5 rings (SSSR count). The third-order valence-electron chi connectivity index (χ3n) is 6.64. The molecule has 1 atom stereocenters. The lowest BCUT2D eigenvalue weighted by atomic mass is 9.94. The Morgan fingerprint density at radius 2 is 1.83 bits per heavy atom. The molecule has 0 saturated carbocycles. The van der Waals surface area contributed by atoms with Crippen LogP contribution in [0.2, 0.25) is 0 Å². The van der Waals surface area contributed by atoms with Gasteiger partial charge in [-0.15, -0.1) is 0 Å². The lowest BCUT2D eigenvalue weighted by Crippen LogP contribution is -2.14. The fraction of sp³-hybridized carbons (Fsp3) is 0.296. The van der Waals surface area contributed by atoms with Crippen LogP contribution in [0.4, 0.5) is 19.0 Å². The molecule has 0 aliphatic heterocycles. The summed E-state index contributed by atoms with van der Waals surface area (Å²) in [5.41, 5.74) is 5.00. The van der Waals surface area contributed by atoms with Crippen molar-refractivity contribution in [3.8, 4) is 11.1 Å². The smallest absolute Gasteiger partial charge is 0.363 e. The van der Waals surface area contributed by atoms with Crippen LogP contribution in [-0.2, 0) is 26.1 Å². The maximum atomic E-state index is 13.2. The van der Waals surface area contributed by atoms with Crippen LogP contribution < -0.4 is 10.9 Å². The van der Waals surface area contributed by atoms with Gasteiger partial charge in [-0.3, -0.25) is 4.79 Å². The number of halogens is 3. The van der Waals surface area contributed by atoms with E-state index in [2.05, 4.69) is 10.3 Å². The van der Waals surface area contributed by atoms with E-state index in [0.717, 1.165) is 47.4 Å². The van der Waals surface area contributed by atoms with Crippen LogP contribution in [0.15, 0.2) is 53.5 Å². The highest BCUT2D eigenvalue weighted by Crippen LogP contribution is 2.39. The van der Waals surface area contributed by atoms with Crippen LogP contribution in [0.25, 0.3) is 22.0 Å². The zero-order valence-electron chi connectivity index (χ0n) is 19.7. The molecule has 0 saturated heterocycles. The molecule has 0 bridgehead atoms. The van der Waals surface area contributed by atoms with E-state index in [-0.39, 0.29) is 5.56 Å². The molecule has 0 amide bonds. The Bertz CT molecular complexity index is 1510. The highest BCUT2D eigenvalue weighted by atomic mass is 19.4. The second-order valence-corrected chi connectivity index (χ2v) is 9.11. The number of aryl methyl sites for hydroxylation is 3. The van der Waals surface area contributed by atoms with E-state index in [9.17, 15) is 18.0 Å². The van der Waals surface area contributed by atoms with Gasteiger partial charge in [0.05, 0.1) is 11.1 Å². The van der Waals surface area contributed by atoms with Crippen molar-refractivity contribution in [2.24, 2.45) is 7.05 Å². The van der Waals surface area contributed by atoms with Gasteiger partial charge in [0.2, 0.25) is 5.56 Å². The largest absolute Gasteiger partial charge is 0.416 e. The quantitative estimate of drug-likeness (QED) is 0.392. The molecule has 2 aromatic heterocycles.